The molecule has 1 rings (SSSR count). The molecule has 0 saturated carbocycles. The molecule has 0 spiro atoms. The van der Waals surface area contributed by atoms with Gasteiger partial charge in [-0.2, -0.15) is 0 Å². The van der Waals surface area contributed by atoms with E-state index in [1.165, 1.54) is 5.56 Å². The highest BCUT2D eigenvalue weighted by atomic mass is 35.5. The predicted octanol–water partition coefficient (Wildman–Crippen LogP) is 3.83. The van der Waals surface area contributed by atoms with Crippen molar-refractivity contribution in [2.75, 3.05) is 6.54 Å². The number of likely N-dealkylation sites (N-methyl/N-ethyl adjacent to an activating group) is 1. The Bertz CT molecular complexity index is 298. The number of nitrogens with one attached hydrogen (secondary N) is 1. The van der Waals surface area contributed by atoms with Crippen molar-refractivity contribution in [1.82, 2.24) is 5.32 Å². The molecule has 1 aromatic rings. The third-order valence-electron chi connectivity index (χ3n) is 2.85. The number of rotatable bonds is 5. The molecule has 0 heterocycles. The zero-order valence-electron chi connectivity index (χ0n) is 9.76. The summed E-state index contributed by atoms with van der Waals surface area (Å²) in [6.07, 6.45) is 1.13. The molecule has 0 amide bonds. The topological polar surface area (TPSA) is 12.0 Å². The number of benzene rings is 1. The van der Waals surface area contributed by atoms with Crippen LogP contribution in [0.1, 0.15) is 38.7 Å². The van der Waals surface area contributed by atoms with E-state index in [1.807, 2.05) is 12.1 Å². The lowest BCUT2D eigenvalue weighted by molar-refractivity contribution is 0.460. The summed E-state index contributed by atoms with van der Waals surface area (Å²) in [5.41, 5.74) is 1.33. The molecule has 0 radical (unpaired) electrons. The van der Waals surface area contributed by atoms with Crippen LogP contribution in [0.15, 0.2) is 24.3 Å². The molecule has 0 fully saturated rings. The predicted molar refractivity (Wildman–Crippen MR) is 67.6 cm³/mol. The quantitative estimate of drug-likeness (QED) is 0.803. The van der Waals surface area contributed by atoms with Crippen LogP contribution in [0.3, 0.4) is 0 Å². The van der Waals surface area contributed by atoms with Crippen LogP contribution >= 0.6 is 11.6 Å². The molecule has 2 atom stereocenters. The van der Waals surface area contributed by atoms with E-state index >= 15 is 0 Å². The standard InChI is InChI=1S/C13H20ClN/c1-4-13(10(3)15-5-2)11-7-6-8-12(14)9-11/h6-10,13,15H,4-5H2,1-3H3. The van der Waals surface area contributed by atoms with E-state index in [9.17, 15) is 0 Å². The van der Waals surface area contributed by atoms with Crippen molar-refractivity contribution >= 4 is 11.6 Å². The Kier molecular flexibility index (Phi) is 5.13. The van der Waals surface area contributed by atoms with Gasteiger partial charge in [0.15, 0.2) is 0 Å². The van der Waals surface area contributed by atoms with Gasteiger partial charge in [0.25, 0.3) is 0 Å². The summed E-state index contributed by atoms with van der Waals surface area (Å²) < 4.78 is 0. The van der Waals surface area contributed by atoms with Crippen molar-refractivity contribution in [2.45, 2.75) is 39.2 Å². The molecule has 1 N–H and O–H groups in total. The van der Waals surface area contributed by atoms with Crippen LogP contribution in [0.2, 0.25) is 5.02 Å². The highest BCUT2D eigenvalue weighted by Gasteiger charge is 2.16. The normalized spacial score (nSPS) is 14.9. The molecule has 0 aromatic heterocycles. The number of hydrogen-bond acceptors (Lipinski definition) is 1. The molecule has 0 aliphatic rings. The summed E-state index contributed by atoms with van der Waals surface area (Å²) in [7, 11) is 0. The Morgan fingerprint density at radius 1 is 1.33 bits per heavy atom. The van der Waals surface area contributed by atoms with Gasteiger partial charge >= 0.3 is 0 Å². The first-order valence-electron chi connectivity index (χ1n) is 5.67. The third-order valence-corrected chi connectivity index (χ3v) is 3.08. The lowest BCUT2D eigenvalue weighted by atomic mass is 9.90. The summed E-state index contributed by atoms with van der Waals surface area (Å²) in [6.45, 7) is 7.61. The second kappa shape index (κ2) is 6.14. The SMILES string of the molecule is CCNC(C)C(CC)c1cccc(Cl)c1. The van der Waals surface area contributed by atoms with Crippen LogP contribution in [-0.4, -0.2) is 12.6 Å². The van der Waals surface area contributed by atoms with E-state index in [4.69, 9.17) is 11.6 Å². The highest BCUT2D eigenvalue weighted by Crippen LogP contribution is 2.25. The van der Waals surface area contributed by atoms with Gasteiger partial charge in [0.05, 0.1) is 0 Å². The Morgan fingerprint density at radius 2 is 2.07 bits per heavy atom. The van der Waals surface area contributed by atoms with E-state index in [2.05, 4.69) is 38.2 Å². The van der Waals surface area contributed by atoms with Gasteiger partial charge in [-0.05, 0) is 43.5 Å². The van der Waals surface area contributed by atoms with Gasteiger partial charge in [0, 0.05) is 11.1 Å². The van der Waals surface area contributed by atoms with Crippen LogP contribution in [0.25, 0.3) is 0 Å². The van der Waals surface area contributed by atoms with E-state index in [-0.39, 0.29) is 0 Å². The van der Waals surface area contributed by atoms with Crippen LogP contribution in [-0.2, 0) is 0 Å². The zero-order chi connectivity index (χ0) is 11.3. The van der Waals surface area contributed by atoms with E-state index in [0.29, 0.717) is 12.0 Å². The minimum absolute atomic E-state index is 0.499. The zero-order valence-corrected chi connectivity index (χ0v) is 10.5. The Hall–Kier alpha value is -0.530. The van der Waals surface area contributed by atoms with Crippen molar-refractivity contribution in [3.05, 3.63) is 34.9 Å². The second-order valence-electron chi connectivity index (χ2n) is 3.92. The Balaban J connectivity index is 2.82. The first-order valence-corrected chi connectivity index (χ1v) is 6.05. The molecule has 1 aromatic carbocycles. The van der Waals surface area contributed by atoms with Gasteiger partial charge in [-0.1, -0.05) is 37.6 Å². The smallest absolute Gasteiger partial charge is 0.0408 e. The molecule has 2 heteroatoms. The fourth-order valence-corrected chi connectivity index (χ4v) is 2.28. The van der Waals surface area contributed by atoms with Gasteiger partial charge in [0.2, 0.25) is 0 Å². The summed E-state index contributed by atoms with van der Waals surface area (Å²) in [5, 5.41) is 4.30. The summed E-state index contributed by atoms with van der Waals surface area (Å²) >= 11 is 6.01. The average Bonchev–Trinajstić information content (AvgIpc) is 2.19. The van der Waals surface area contributed by atoms with Crippen LogP contribution < -0.4 is 5.32 Å². The summed E-state index contributed by atoms with van der Waals surface area (Å²) in [5.74, 6) is 0.545. The Labute approximate surface area is 97.8 Å². The third kappa shape index (κ3) is 3.51. The van der Waals surface area contributed by atoms with Crippen molar-refractivity contribution in [2.24, 2.45) is 0 Å². The molecule has 0 saturated heterocycles. The van der Waals surface area contributed by atoms with Gasteiger partial charge in [-0.25, -0.2) is 0 Å². The maximum absolute atomic E-state index is 6.01. The largest absolute Gasteiger partial charge is 0.314 e. The lowest BCUT2D eigenvalue weighted by Gasteiger charge is -2.24. The fourth-order valence-electron chi connectivity index (χ4n) is 2.08. The van der Waals surface area contributed by atoms with Crippen LogP contribution in [0, 0.1) is 0 Å². The van der Waals surface area contributed by atoms with Crippen molar-refractivity contribution in [3.8, 4) is 0 Å². The maximum Gasteiger partial charge on any atom is 0.0408 e. The number of halogens is 1. The summed E-state index contributed by atoms with van der Waals surface area (Å²) in [4.78, 5) is 0. The summed E-state index contributed by atoms with van der Waals surface area (Å²) in [6, 6.07) is 8.69. The van der Waals surface area contributed by atoms with Crippen molar-refractivity contribution in [3.63, 3.8) is 0 Å². The molecule has 0 bridgehead atoms. The molecular formula is C13H20ClN. The maximum atomic E-state index is 6.01. The second-order valence-corrected chi connectivity index (χ2v) is 4.35. The van der Waals surface area contributed by atoms with Gasteiger partial charge in [-0.3, -0.25) is 0 Å². The van der Waals surface area contributed by atoms with Gasteiger partial charge in [-0.15, -0.1) is 0 Å². The molecule has 0 aliphatic heterocycles. The van der Waals surface area contributed by atoms with E-state index in [1.54, 1.807) is 0 Å². The first-order chi connectivity index (χ1) is 7.19. The molecule has 84 valence electrons. The average molecular weight is 226 g/mol. The van der Waals surface area contributed by atoms with Crippen LogP contribution in [0.4, 0.5) is 0 Å². The van der Waals surface area contributed by atoms with Crippen molar-refractivity contribution < 1.29 is 0 Å². The molecule has 2 unspecified atom stereocenters. The minimum Gasteiger partial charge on any atom is -0.314 e. The first kappa shape index (κ1) is 12.5. The highest BCUT2D eigenvalue weighted by molar-refractivity contribution is 6.30. The molecule has 15 heavy (non-hydrogen) atoms. The molecule has 0 aliphatic carbocycles. The van der Waals surface area contributed by atoms with Gasteiger partial charge in [0.1, 0.15) is 0 Å². The lowest BCUT2D eigenvalue weighted by Crippen LogP contribution is -2.31. The van der Waals surface area contributed by atoms with Crippen molar-refractivity contribution in [1.29, 1.82) is 0 Å². The van der Waals surface area contributed by atoms with Crippen LogP contribution in [0.5, 0.6) is 0 Å². The minimum atomic E-state index is 0.499. The molecular weight excluding hydrogens is 206 g/mol. The van der Waals surface area contributed by atoms with Gasteiger partial charge < -0.3 is 5.32 Å². The monoisotopic (exact) mass is 225 g/mol. The fraction of sp³-hybridized carbons (Fsp3) is 0.538. The van der Waals surface area contributed by atoms with E-state index < -0.39 is 0 Å². The Morgan fingerprint density at radius 3 is 2.60 bits per heavy atom. The number of hydrogen-bond donors (Lipinski definition) is 1. The van der Waals surface area contributed by atoms with E-state index in [0.717, 1.165) is 18.0 Å². The molecule has 1 nitrogen and oxygen atoms in total.